The number of methoxy groups -OCH3 is 1. The summed E-state index contributed by atoms with van der Waals surface area (Å²) in [5, 5.41) is 10.4. The summed E-state index contributed by atoms with van der Waals surface area (Å²) in [5.41, 5.74) is 4.36. The fourth-order valence-electron chi connectivity index (χ4n) is 3.26. The van der Waals surface area contributed by atoms with Crippen LogP contribution in [0.2, 0.25) is 18.1 Å². The molecule has 0 saturated carbocycles. The molecule has 1 aromatic heterocycles. The Kier molecular flexibility index (Phi) is 5.40. The van der Waals surface area contributed by atoms with E-state index in [1.54, 1.807) is 19.4 Å². The highest BCUT2D eigenvalue weighted by Crippen LogP contribution is 2.41. The number of nitrogens with zero attached hydrogens (tertiary/aromatic N) is 1. The van der Waals surface area contributed by atoms with E-state index >= 15 is 0 Å². The minimum absolute atomic E-state index is 0.178. The third-order valence-electron chi connectivity index (χ3n) is 5.90. The van der Waals surface area contributed by atoms with Crippen LogP contribution in [0.15, 0.2) is 36.5 Å². The molecule has 0 spiro atoms. The second kappa shape index (κ2) is 7.35. The zero-order valence-electron chi connectivity index (χ0n) is 17.4. The number of aliphatic hydroxyl groups is 1. The van der Waals surface area contributed by atoms with Gasteiger partial charge in [-0.05, 0) is 55.2 Å². The normalized spacial score (nSPS) is 17.2. The predicted molar refractivity (Wildman–Crippen MR) is 114 cm³/mol. The molecule has 1 aliphatic heterocycles. The molecule has 2 aromatic rings. The van der Waals surface area contributed by atoms with Crippen molar-refractivity contribution in [2.24, 2.45) is 0 Å². The van der Waals surface area contributed by atoms with E-state index in [-0.39, 0.29) is 5.04 Å². The Balaban J connectivity index is 1.92. The van der Waals surface area contributed by atoms with Crippen LogP contribution in [0.3, 0.4) is 0 Å². The molecular formula is C22H29NO4Si. The number of aliphatic hydroxyl groups excluding tert-OH is 1. The van der Waals surface area contributed by atoms with Gasteiger partial charge in [-0.1, -0.05) is 19.9 Å². The SMILES string of the molecule is COc1ccc2c(c1)OC(O)C(c1ccc(CC(C)(C)[Si](C)(C)O)nc1)=C2C. The third-order valence-corrected chi connectivity index (χ3v) is 9.39. The zero-order chi connectivity index (χ0) is 20.7. The summed E-state index contributed by atoms with van der Waals surface area (Å²) in [6.07, 6.45) is 1.42. The lowest BCUT2D eigenvalue weighted by Gasteiger charge is -2.34. The van der Waals surface area contributed by atoms with Gasteiger partial charge < -0.3 is 19.4 Å². The second-order valence-electron chi connectivity index (χ2n) is 8.53. The van der Waals surface area contributed by atoms with Crippen molar-refractivity contribution in [3.8, 4) is 11.5 Å². The number of fused-ring (bicyclic) bond motifs is 1. The van der Waals surface area contributed by atoms with Crippen molar-refractivity contribution in [3.63, 3.8) is 0 Å². The van der Waals surface area contributed by atoms with E-state index in [4.69, 9.17) is 9.47 Å². The van der Waals surface area contributed by atoms with Gasteiger partial charge in [0.25, 0.3) is 0 Å². The molecule has 150 valence electrons. The molecule has 0 saturated heterocycles. The minimum atomic E-state index is -2.30. The lowest BCUT2D eigenvalue weighted by atomic mass is 9.93. The highest BCUT2D eigenvalue weighted by atomic mass is 28.4. The number of aromatic nitrogens is 1. The van der Waals surface area contributed by atoms with Crippen molar-refractivity contribution in [1.29, 1.82) is 0 Å². The van der Waals surface area contributed by atoms with Crippen molar-refractivity contribution < 1.29 is 19.4 Å². The lowest BCUT2D eigenvalue weighted by Crippen LogP contribution is -2.40. The molecule has 2 heterocycles. The molecule has 1 aromatic carbocycles. The molecule has 3 rings (SSSR count). The van der Waals surface area contributed by atoms with E-state index < -0.39 is 14.6 Å². The number of hydrogen-bond donors (Lipinski definition) is 2. The molecule has 0 radical (unpaired) electrons. The van der Waals surface area contributed by atoms with Gasteiger partial charge in [0.15, 0.2) is 8.32 Å². The van der Waals surface area contributed by atoms with E-state index in [2.05, 4.69) is 18.8 Å². The summed E-state index contributed by atoms with van der Waals surface area (Å²) < 4.78 is 11.0. The molecule has 5 nitrogen and oxygen atoms in total. The summed E-state index contributed by atoms with van der Waals surface area (Å²) >= 11 is 0. The highest BCUT2D eigenvalue weighted by Gasteiger charge is 2.38. The van der Waals surface area contributed by atoms with Gasteiger partial charge >= 0.3 is 0 Å². The van der Waals surface area contributed by atoms with E-state index in [0.29, 0.717) is 23.5 Å². The molecule has 0 amide bonds. The van der Waals surface area contributed by atoms with E-state index in [9.17, 15) is 9.90 Å². The number of benzene rings is 1. The Bertz CT molecular complexity index is 898. The van der Waals surface area contributed by atoms with Crippen LogP contribution in [-0.2, 0) is 6.42 Å². The van der Waals surface area contributed by atoms with Crippen molar-refractivity contribution in [3.05, 3.63) is 53.3 Å². The Hall–Kier alpha value is -2.15. The molecule has 0 aliphatic carbocycles. The summed E-state index contributed by atoms with van der Waals surface area (Å²) in [4.78, 5) is 15.1. The first-order valence-corrected chi connectivity index (χ1v) is 12.4. The van der Waals surface area contributed by atoms with E-state index in [0.717, 1.165) is 22.4 Å². The van der Waals surface area contributed by atoms with E-state index in [1.165, 1.54) is 0 Å². The van der Waals surface area contributed by atoms with Gasteiger partial charge in [0.05, 0.1) is 7.11 Å². The average molecular weight is 400 g/mol. The maximum absolute atomic E-state index is 10.6. The Morgan fingerprint density at radius 3 is 2.50 bits per heavy atom. The smallest absolute Gasteiger partial charge is 0.225 e. The summed E-state index contributed by atoms with van der Waals surface area (Å²) in [6.45, 7) is 10.1. The van der Waals surface area contributed by atoms with Gasteiger partial charge in [0.1, 0.15) is 11.5 Å². The number of ether oxygens (including phenoxy) is 2. The van der Waals surface area contributed by atoms with Crippen LogP contribution in [0, 0.1) is 0 Å². The zero-order valence-corrected chi connectivity index (χ0v) is 18.4. The monoisotopic (exact) mass is 399 g/mol. The first-order valence-electron chi connectivity index (χ1n) is 9.45. The Labute approximate surface area is 167 Å². The lowest BCUT2D eigenvalue weighted by molar-refractivity contribution is 0.0313. The number of hydrogen-bond acceptors (Lipinski definition) is 5. The molecule has 0 bridgehead atoms. The van der Waals surface area contributed by atoms with Crippen LogP contribution < -0.4 is 9.47 Å². The topological polar surface area (TPSA) is 71.8 Å². The molecule has 6 heteroatoms. The van der Waals surface area contributed by atoms with Crippen LogP contribution in [-0.4, -0.2) is 36.6 Å². The van der Waals surface area contributed by atoms with Gasteiger partial charge in [-0.2, -0.15) is 0 Å². The van der Waals surface area contributed by atoms with Gasteiger partial charge in [0.2, 0.25) is 6.29 Å². The fraction of sp³-hybridized carbons (Fsp3) is 0.409. The fourth-order valence-corrected chi connectivity index (χ4v) is 3.88. The number of pyridine rings is 1. The first-order chi connectivity index (χ1) is 13.0. The van der Waals surface area contributed by atoms with Crippen molar-refractivity contribution in [2.75, 3.05) is 7.11 Å². The van der Waals surface area contributed by atoms with E-state index in [1.807, 2.05) is 44.3 Å². The van der Waals surface area contributed by atoms with Crippen LogP contribution in [0.1, 0.15) is 37.6 Å². The maximum atomic E-state index is 10.6. The van der Waals surface area contributed by atoms with Gasteiger partial charge in [-0.3, -0.25) is 4.98 Å². The molecule has 1 atom stereocenters. The van der Waals surface area contributed by atoms with Gasteiger partial charge in [0, 0.05) is 34.7 Å². The number of rotatable bonds is 5. The average Bonchev–Trinajstić information content (AvgIpc) is 2.61. The van der Waals surface area contributed by atoms with Crippen LogP contribution in [0.4, 0.5) is 0 Å². The van der Waals surface area contributed by atoms with Crippen molar-refractivity contribution in [1.82, 2.24) is 4.98 Å². The van der Waals surface area contributed by atoms with Crippen LogP contribution in [0.25, 0.3) is 11.1 Å². The second-order valence-corrected chi connectivity index (χ2v) is 13.0. The molecule has 28 heavy (non-hydrogen) atoms. The summed E-state index contributed by atoms with van der Waals surface area (Å²) in [7, 11) is -0.701. The maximum Gasteiger partial charge on any atom is 0.225 e. The predicted octanol–water partition coefficient (Wildman–Crippen LogP) is 4.25. The van der Waals surface area contributed by atoms with Gasteiger partial charge in [-0.15, -0.1) is 0 Å². The first kappa shape index (κ1) is 20.6. The molecule has 0 fully saturated rings. The Morgan fingerprint density at radius 2 is 1.93 bits per heavy atom. The van der Waals surface area contributed by atoms with Gasteiger partial charge in [-0.25, -0.2) is 0 Å². The van der Waals surface area contributed by atoms with Crippen LogP contribution >= 0.6 is 0 Å². The summed E-state index contributed by atoms with van der Waals surface area (Å²) in [5.74, 6) is 1.29. The minimum Gasteiger partial charge on any atom is -0.497 e. The number of allylic oxidation sites excluding steroid dienone is 1. The quantitative estimate of drug-likeness (QED) is 0.736. The largest absolute Gasteiger partial charge is 0.497 e. The molecule has 1 aliphatic rings. The highest BCUT2D eigenvalue weighted by molar-refractivity contribution is 6.72. The summed E-state index contributed by atoms with van der Waals surface area (Å²) in [6, 6.07) is 9.53. The molecular weight excluding hydrogens is 370 g/mol. The standard InChI is InChI=1S/C22H29NO4Si/c1-14-18-10-9-17(26-4)11-19(18)27-21(24)20(14)15-7-8-16(23-13-15)12-22(2,3)28(5,6)25/h7-11,13,21,24-25H,12H2,1-6H3. The Morgan fingerprint density at radius 1 is 1.21 bits per heavy atom. The molecule has 2 N–H and O–H groups in total. The third kappa shape index (κ3) is 3.85. The molecule has 1 unspecified atom stereocenters. The van der Waals surface area contributed by atoms with Crippen LogP contribution in [0.5, 0.6) is 11.5 Å². The van der Waals surface area contributed by atoms with Crippen molar-refractivity contribution >= 4 is 19.5 Å². The van der Waals surface area contributed by atoms with Crippen molar-refractivity contribution in [2.45, 2.75) is 51.6 Å².